The summed E-state index contributed by atoms with van der Waals surface area (Å²) in [6, 6.07) is 27.4. The molecule has 35 heavy (non-hydrogen) atoms. The summed E-state index contributed by atoms with van der Waals surface area (Å²) in [5, 5.41) is 3.28. The van der Waals surface area contributed by atoms with Crippen LogP contribution in [-0.4, -0.2) is 5.91 Å². The Labute approximate surface area is 212 Å². The molecule has 0 bridgehead atoms. The van der Waals surface area contributed by atoms with Crippen LogP contribution in [0.4, 0.5) is 0 Å². The number of unbranched alkanes of at least 4 members (excludes halogenated alkanes) is 5. The number of rotatable bonds is 14. The number of benzene rings is 3. The van der Waals surface area contributed by atoms with Crippen molar-refractivity contribution >= 4 is 12.0 Å². The molecule has 0 spiro atoms. The first kappa shape index (κ1) is 26.5. The van der Waals surface area contributed by atoms with Crippen LogP contribution >= 0.6 is 0 Å². The number of nitrogens with one attached hydrogen (secondary N) is 1. The van der Waals surface area contributed by atoms with E-state index in [0.717, 1.165) is 24.8 Å². The molecule has 1 atom stereocenters. The van der Waals surface area contributed by atoms with E-state index in [1.165, 1.54) is 54.4 Å². The Morgan fingerprint density at radius 3 is 2.23 bits per heavy atom. The zero-order valence-electron chi connectivity index (χ0n) is 21.5. The average Bonchev–Trinajstić information content (AvgIpc) is 2.89. The number of carbonyl (C=O) groups is 1. The van der Waals surface area contributed by atoms with Gasteiger partial charge in [-0.2, -0.15) is 0 Å². The number of amides is 1. The van der Waals surface area contributed by atoms with Gasteiger partial charge in [-0.1, -0.05) is 129 Å². The van der Waals surface area contributed by atoms with Gasteiger partial charge in [-0.05, 0) is 54.9 Å². The first-order chi connectivity index (χ1) is 17.1. The molecule has 184 valence electrons. The Hall–Kier alpha value is -3.13. The lowest BCUT2D eigenvalue weighted by atomic mass is 9.98. The summed E-state index contributed by atoms with van der Waals surface area (Å²) in [5.41, 5.74) is 6.05. The van der Waals surface area contributed by atoms with Crippen molar-refractivity contribution in [3.05, 3.63) is 113 Å². The Bertz CT molecular complexity index is 1020. The third-order valence-electron chi connectivity index (χ3n) is 6.50. The van der Waals surface area contributed by atoms with Crippen LogP contribution in [-0.2, 0) is 17.6 Å². The molecule has 1 unspecified atom stereocenters. The highest BCUT2D eigenvalue weighted by Crippen LogP contribution is 2.19. The van der Waals surface area contributed by atoms with Gasteiger partial charge < -0.3 is 5.32 Å². The second kappa shape index (κ2) is 15.0. The highest BCUT2D eigenvalue weighted by atomic mass is 16.1. The summed E-state index contributed by atoms with van der Waals surface area (Å²) in [4.78, 5) is 12.9. The molecule has 3 aromatic rings. The van der Waals surface area contributed by atoms with Crippen LogP contribution in [0.2, 0.25) is 0 Å². The van der Waals surface area contributed by atoms with Crippen molar-refractivity contribution in [1.82, 2.24) is 5.32 Å². The van der Waals surface area contributed by atoms with Crippen molar-refractivity contribution in [3.63, 3.8) is 0 Å². The van der Waals surface area contributed by atoms with Crippen LogP contribution in [0.1, 0.15) is 85.7 Å². The van der Waals surface area contributed by atoms with Gasteiger partial charge in [-0.3, -0.25) is 4.79 Å². The van der Waals surface area contributed by atoms with Crippen molar-refractivity contribution < 1.29 is 4.79 Å². The lowest BCUT2D eigenvalue weighted by Crippen LogP contribution is -2.30. The summed E-state index contributed by atoms with van der Waals surface area (Å²) in [7, 11) is 0. The van der Waals surface area contributed by atoms with E-state index in [4.69, 9.17) is 0 Å². The quantitative estimate of drug-likeness (QED) is 0.237. The van der Waals surface area contributed by atoms with Gasteiger partial charge in [0.25, 0.3) is 0 Å². The highest BCUT2D eigenvalue weighted by molar-refractivity contribution is 5.76. The van der Waals surface area contributed by atoms with Gasteiger partial charge in [-0.25, -0.2) is 0 Å². The zero-order chi connectivity index (χ0) is 24.7. The number of carbonyl (C=O) groups excluding carboxylic acids is 1. The zero-order valence-corrected chi connectivity index (χ0v) is 21.5. The van der Waals surface area contributed by atoms with E-state index in [-0.39, 0.29) is 11.9 Å². The molecule has 3 aromatic carbocycles. The van der Waals surface area contributed by atoms with Gasteiger partial charge in [0.1, 0.15) is 0 Å². The molecule has 0 saturated carbocycles. The first-order valence-electron chi connectivity index (χ1n) is 13.3. The summed E-state index contributed by atoms with van der Waals surface area (Å²) >= 11 is 0. The lowest BCUT2D eigenvalue weighted by Gasteiger charge is -2.20. The molecule has 0 aliphatic heterocycles. The Morgan fingerprint density at radius 1 is 0.829 bits per heavy atom. The fourth-order valence-electron chi connectivity index (χ4n) is 4.30. The SMILES string of the molecule is CCCCCCC/C=C\c1ccc(CCC(=O)NC(Cc2ccc(C)cc2)c2ccccc2)cc1. The van der Waals surface area contributed by atoms with Crippen molar-refractivity contribution in [1.29, 1.82) is 0 Å². The van der Waals surface area contributed by atoms with Crippen LogP contribution in [0.25, 0.3) is 6.08 Å². The smallest absolute Gasteiger partial charge is 0.220 e. The van der Waals surface area contributed by atoms with Gasteiger partial charge in [0, 0.05) is 6.42 Å². The lowest BCUT2D eigenvalue weighted by molar-refractivity contribution is -0.121. The van der Waals surface area contributed by atoms with Gasteiger partial charge in [0.15, 0.2) is 0 Å². The van der Waals surface area contributed by atoms with Gasteiger partial charge in [0.2, 0.25) is 5.91 Å². The summed E-state index contributed by atoms with van der Waals surface area (Å²) < 4.78 is 0. The van der Waals surface area contributed by atoms with E-state index in [0.29, 0.717) is 6.42 Å². The van der Waals surface area contributed by atoms with Gasteiger partial charge in [-0.15, -0.1) is 0 Å². The summed E-state index contributed by atoms with van der Waals surface area (Å²) in [5.74, 6) is 0.0954. The monoisotopic (exact) mass is 467 g/mol. The molecule has 2 nitrogen and oxygen atoms in total. The Kier molecular flexibility index (Phi) is 11.3. The van der Waals surface area contributed by atoms with Crippen LogP contribution in [0, 0.1) is 6.92 Å². The van der Waals surface area contributed by atoms with E-state index < -0.39 is 0 Å². The third kappa shape index (κ3) is 9.94. The van der Waals surface area contributed by atoms with E-state index in [2.05, 4.69) is 92.0 Å². The molecule has 0 aromatic heterocycles. The molecule has 0 fully saturated rings. The largest absolute Gasteiger partial charge is 0.349 e. The summed E-state index contributed by atoms with van der Waals surface area (Å²) in [6.07, 6.45) is 14.3. The van der Waals surface area contributed by atoms with E-state index in [9.17, 15) is 4.79 Å². The second-order valence-corrected chi connectivity index (χ2v) is 9.57. The number of aryl methyl sites for hydroxylation is 2. The maximum Gasteiger partial charge on any atom is 0.220 e. The molecule has 0 aliphatic carbocycles. The number of allylic oxidation sites excluding steroid dienone is 1. The van der Waals surface area contributed by atoms with Crippen LogP contribution in [0.15, 0.2) is 84.9 Å². The van der Waals surface area contributed by atoms with Crippen molar-refractivity contribution in [2.24, 2.45) is 0 Å². The van der Waals surface area contributed by atoms with Gasteiger partial charge in [0.05, 0.1) is 6.04 Å². The molecule has 3 rings (SSSR count). The van der Waals surface area contributed by atoms with Crippen LogP contribution in [0.3, 0.4) is 0 Å². The second-order valence-electron chi connectivity index (χ2n) is 9.57. The highest BCUT2D eigenvalue weighted by Gasteiger charge is 2.15. The molecule has 1 N–H and O–H groups in total. The fourth-order valence-corrected chi connectivity index (χ4v) is 4.30. The van der Waals surface area contributed by atoms with E-state index in [1.807, 2.05) is 18.2 Å². The van der Waals surface area contributed by atoms with E-state index >= 15 is 0 Å². The van der Waals surface area contributed by atoms with Crippen molar-refractivity contribution in [2.75, 3.05) is 0 Å². The number of hydrogen-bond donors (Lipinski definition) is 1. The van der Waals surface area contributed by atoms with Gasteiger partial charge >= 0.3 is 0 Å². The third-order valence-corrected chi connectivity index (χ3v) is 6.50. The molecule has 0 heterocycles. The van der Waals surface area contributed by atoms with E-state index in [1.54, 1.807) is 0 Å². The topological polar surface area (TPSA) is 29.1 Å². The maximum absolute atomic E-state index is 12.9. The average molecular weight is 468 g/mol. The molecular weight excluding hydrogens is 426 g/mol. The fraction of sp³-hybridized carbons (Fsp3) is 0.364. The molecule has 1 amide bonds. The molecular formula is C33H41NO. The Balaban J connectivity index is 1.48. The maximum atomic E-state index is 12.9. The minimum atomic E-state index is -0.0270. The van der Waals surface area contributed by atoms with Crippen LogP contribution in [0.5, 0.6) is 0 Å². The van der Waals surface area contributed by atoms with Crippen LogP contribution < -0.4 is 5.32 Å². The summed E-state index contributed by atoms with van der Waals surface area (Å²) in [6.45, 7) is 4.35. The molecule has 0 aliphatic rings. The minimum Gasteiger partial charge on any atom is -0.349 e. The number of hydrogen-bond acceptors (Lipinski definition) is 1. The first-order valence-corrected chi connectivity index (χ1v) is 13.3. The van der Waals surface area contributed by atoms with Crippen molar-refractivity contribution in [2.45, 2.75) is 77.7 Å². The predicted octanol–water partition coefficient (Wildman–Crippen LogP) is 8.40. The predicted molar refractivity (Wildman–Crippen MR) is 149 cm³/mol. The Morgan fingerprint density at radius 2 is 1.51 bits per heavy atom. The molecule has 0 saturated heterocycles. The van der Waals surface area contributed by atoms with Crippen molar-refractivity contribution in [3.8, 4) is 0 Å². The minimum absolute atomic E-state index is 0.0270. The molecule has 0 radical (unpaired) electrons. The normalized spacial score (nSPS) is 12.1. The molecule has 2 heteroatoms. The standard InChI is InChI=1S/C33H41NO/c1-3-4-5-6-7-8-10-13-28-20-22-29(23-21-28)24-25-33(35)34-32(31-14-11-9-12-15-31)26-30-18-16-27(2)17-19-30/h9-23,32H,3-8,24-26H2,1-2H3,(H,34,35)/b13-10-.